The molecule has 0 aliphatic heterocycles. The first kappa shape index (κ1) is 14.7. The molecule has 1 amide bonds. The van der Waals surface area contributed by atoms with Crippen LogP contribution < -0.4 is 5.32 Å². The van der Waals surface area contributed by atoms with Crippen molar-refractivity contribution in [1.82, 2.24) is 5.32 Å². The summed E-state index contributed by atoms with van der Waals surface area (Å²) in [6.07, 6.45) is 2.00. The molecule has 0 saturated carbocycles. The average molecular weight is 293 g/mol. The number of furan rings is 1. The van der Waals surface area contributed by atoms with Crippen LogP contribution in [-0.4, -0.2) is 11.7 Å². The summed E-state index contributed by atoms with van der Waals surface area (Å²) in [6, 6.07) is 9.75. The first-order valence-electron chi connectivity index (χ1n) is 6.36. The smallest absolute Gasteiger partial charge is 0.221 e. The molecule has 5 heteroatoms. The number of amides is 1. The van der Waals surface area contributed by atoms with Crippen LogP contribution in [0.25, 0.3) is 0 Å². The van der Waals surface area contributed by atoms with E-state index in [1.165, 1.54) is 23.9 Å². The van der Waals surface area contributed by atoms with Crippen LogP contribution in [0.4, 0.5) is 4.39 Å². The van der Waals surface area contributed by atoms with Gasteiger partial charge in [-0.05, 0) is 43.3 Å². The average Bonchev–Trinajstić information content (AvgIpc) is 2.95. The van der Waals surface area contributed by atoms with E-state index in [1.54, 1.807) is 24.5 Å². The van der Waals surface area contributed by atoms with Gasteiger partial charge in [-0.1, -0.05) is 0 Å². The molecule has 0 aliphatic carbocycles. The number of benzene rings is 1. The second-order valence-corrected chi connectivity index (χ2v) is 5.53. The van der Waals surface area contributed by atoms with Gasteiger partial charge < -0.3 is 9.73 Å². The van der Waals surface area contributed by atoms with Crippen molar-refractivity contribution in [1.29, 1.82) is 0 Å². The monoisotopic (exact) mass is 293 g/mol. The zero-order valence-corrected chi connectivity index (χ0v) is 12.0. The summed E-state index contributed by atoms with van der Waals surface area (Å²) in [7, 11) is 0. The van der Waals surface area contributed by atoms with Crippen molar-refractivity contribution in [3.63, 3.8) is 0 Å². The zero-order chi connectivity index (χ0) is 14.4. The molecular formula is C15H16FNO2S. The molecule has 1 N–H and O–H groups in total. The summed E-state index contributed by atoms with van der Waals surface area (Å²) in [5.41, 5.74) is 0. The van der Waals surface area contributed by atoms with Crippen LogP contribution in [0.3, 0.4) is 0 Å². The van der Waals surface area contributed by atoms with E-state index in [0.29, 0.717) is 12.2 Å². The summed E-state index contributed by atoms with van der Waals surface area (Å²) in [4.78, 5) is 12.7. The predicted octanol–water partition coefficient (Wildman–Crippen LogP) is 3.78. The molecule has 0 radical (unpaired) electrons. The van der Waals surface area contributed by atoms with Crippen molar-refractivity contribution >= 4 is 17.7 Å². The third-order valence-electron chi connectivity index (χ3n) is 2.76. The Labute approximate surface area is 121 Å². The Bertz CT molecular complexity index is 540. The van der Waals surface area contributed by atoms with Gasteiger partial charge in [0.25, 0.3) is 0 Å². The van der Waals surface area contributed by atoms with Gasteiger partial charge in [0.15, 0.2) is 0 Å². The SMILES string of the molecule is C[C@@H](NC(=O)CCSc1ccc(F)cc1)c1ccco1. The van der Waals surface area contributed by atoms with E-state index in [-0.39, 0.29) is 17.8 Å². The van der Waals surface area contributed by atoms with Crippen LogP contribution >= 0.6 is 11.8 Å². The Kier molecular flexibility index (Phi) is 5.24. The number of thioether (sulfide) groups is 1. The van der Waals surface area contributed by atoms with Crippen molar-refractivity contribution in [3.05, 3.63) is 54.2 Å². The maximum atomic E-state index is 12.7. The van der Waals surface area contributed by atoms with Crippen LogP contribution in [-0.2, 0) is 4.79 Å². The van der Waals surface area contributed by atoms with Crippen molar-refractivity contribution < 1.29 is 13.6 Å². The number of hydrogen-bond acceptors (Lipinski definition) is 3. The molecule has 3 nitrogen and oxygen atoms in total. The minimum atomic E-state index is -0.251. The molecule has 106 valence electrons. The normalized spacial score (nSPS) is 12.1. The maximum absolute atomic E-state index is 12.7. The van der Waals surface area contributed by atoms with Gasteiger partial charge in [0.2, 0.25) is 5.91 Å². The molecule has 0 unspecified atom stereocenters. The van der Waals surface area contributed by atoms with Gasteiger partial charge >= 0.3 is 0 Å². The fourth-order valence-corrected chi connectivity index (χ4v) is 2.57. The number of halogens is 1. The third kappa shape index (κ3) is 4.42. The van der Waals surface area contributed by atoms with Gasteiger partial charge in [0, 0.05) is 17.1 Å². The van der Waals surface area contributed by atoms with Crippen molar-refractivity contribution in [2.45, 2.75) is 24.3 Å². The first-order chi connectivity index (χ1) is 9.65. The Morgan fingerprint density at radius 1 is 1.35 bits per heavy atom. The lowest BCUT2D eigenvalue weighted by atomic mass is 10.2. The second-order valence-electron chi connectivity index (χ2n) is 4.36. The summed E-state index contributed by atoms with van der Waals surface area (Å²) in [5, 5.41) is 2.87. The molecule has 1 atom stereocenters. The van der Waals surface area contributed by atoms with E-state index < -0.39 is 0 Å². The standard InChI is InChI=1S/C15H16FNO2S/c1-11(14-3-2-9-19-14)17-15(18)8-10-20-13-6-4-12(16)5-7-13/h2-7,9,11H,8,10H2,1H3,(H,17,18)/t11-/m1/s1. The highest BCUT2D eigenvalue weighted by Gasteiger charge is 2.11. The molecule has 20 heavy (non-hydrogen) atoms. The lowest BCUT2D eigenvalue weighted by Crippen LogP contribution is -2.26. The van der Waals surface area contributed by atoms with Gasteiger partial charge in [0.05, 0.1) is 12.3 Å². The molecule has 0 saturated heterocycles. The van der Waals surface area contributed by atoms with Gasteiger partial charge in [-0.25, -0.2) is 4.39 Å². The van der Waals surface area contributed by atoms with E-state index in [9.17, 15) is 9.18 Å². The highest BCUT2D eigenvalue weighted by atomic mass is 32.2. The Morgan fingerprint density at radius 2 is 2.10 bits per heavy atom. The topological polar surface area (TPSA) is 42.2 Å². The minimum absolute atomic E-state index is 0.0245. The molecule has 1 aromatic carbocycles. The van der Waals surface area contributed by atoms with Crippen LogP contribution in [0.5, 0.6) is 0 Å². The molecule has 1 heterocycles. The van der Waals surface area contributed by atoms with Gasteiger partial charge in [-0.2, -0.15) is 0 Å². The van der Waals surface area contributed by atoms with E-state index in [0.717, 1.165) is 10.7 Å². The zero-order valence-electron chi connectivity index (χ0n) is 11.1. The van der Waals surface area contributed by atoms with E-state index in [4.69, 9.17) is 4.42 Å². The van der Waals surface area contributed by atoms with Crippen molar-refractivity contribution in [3.8, 4) is 0 Å². The fourth-order valence-electron chi connectivity index (χ4n) is 1.71. The quantitative estimate of drug-likeness (QED) is 0.824. The highest BCUT2D eigenvalue weighted by molar-refractivity contribution is 7.99. The highest BCUT2D eigenvalue weighted by Crippen LogP contribution is 2.19. The van der Waals surface area contributed by atoms with Gasteiger partial charge in [-0.3, -0.25) is 4.79 Å². The molecule has 1 aromatic heterocycles. The van der Waals surface area contributed by atoms with Crippen molar-refractivity contribution in [2.24, 2.45) is 0 Å². The molecule has 0 fully saturated rings. The minimum Gasteiger partial charge on any atom is -0.467 e. The third-order valence-corrected chi connectivity index (χ3v) is 3.77. The van der Waals surface area contributed by atoms with E-state index in [1.807, 2.05) is 13.0 Å². The van der Waals surface area contributed by atoms with E-state index in [2.05, 4.69) is 5.32 Å². The fraction of sp³-hybridized carbons (Fsp3) is 0.267. The molecule has 0 bridgehead atoms. The molecule has 2 aromatic rings. The molecule has 0 spiro atoms. The number of hydrogen-bond donors (Lipinski definition) is 1. The predicted molar refractivity (Wildman–Crippen MR) is 77.0 cm³/mol. The Morgan fingerprint density at radius 3 is 2.75 bits per heavy atom. The largest absolute Gasteiger partial charge is 0.467 e. The summed E-state index contributed by atoms with van der Waals surface area (Å²) in [5.74, 6) is 1.12. The lowest BCUT2D eigenvalue weighted by Gasteiger charge is -2.11. The van der Waals surface area contributed by atoms with Gasteiger partial charge in [0.1, 0.15) is 11.6 Å². The molecular weight excluding hydrogens is 277 g/mol. The number of carbonyl (C=O) groups is 1. The first-order valence-corrected chi connectivity index (χ1v) is 7.35. The van der Waals surface area contributed by atoms with Crippen LogP contribution in [0.2, 0.25) is 0 Å². The number of nitrogens with one attached hydrogen (secondary N) is 1. The summed E-state index contributed by atoms with van der Waals surface area (Å²) < 4.78 is 18.0. The number of carbonyl (C=O) groups excluding carboxylic acids is 1. The second kappa shape index (κ2) is 7.14. The number of rotatable bonds is 6. The van der Waals surface area contributed by atoms with E-state index >= 15 is 0 Å². The Balaban J connectivity index is 1.71. The lowest BCUT2D eigenvalue weighted by molar-refractivity contribution is -0.121. The molecule has 2 rings (SSSR count). The van der Waals surface area contributed by atoms with Gasteiger partial charge in [-0.15, -0.1) is 11.8 Å². The van der Waals surface area contributed by atoms with Crippen LogP contribution in [0.15, 0.2) is 52.0 Å². The molecule has 0 aliphatic rings. The van der Waals surface area contributed by atoms with Crippen LogP contribution in [0, 0.1) is 5.82 Å². The summed E-state index contributed by atoms with van der Waals surface area (Å²) >= 11 is 1.53. The maximum Gasteiger partial charge on any atom is 0.221 e. The summed E-state index contributed by atoms with van der Waals surface area (Å²) in [6.45, 7) is 1.88. The Hall–Kier alpha value is -1.75. The van der Waals surface area contributed by atoms with Crippen LogP contribution in [0.1, 0.15) is 25.1 Å². The van der Waals surface area contributed by atoms with Crippen molar-refractivity contribution in [2.75, 3.05) is 5.75 Å².